The van der Waals surface area contributed by atoms with E-state index in [0.29, 0.717) is 17.1 Å². The van der Waals surface area contributed by atoms with E-state index in [9.17, 15) is 13.6 Å². The number of carbonyl (C=O) groups is 1. The first-order valence-electron chi connectivity index (χ1n) is 11.3. The maximum Gasteiger partial charge on any atom is 0.407 e. The van der Waals surface area contributed by atoms with Gasteiger partial charge in [-0.25, -0.2) is 23.2 Å². The average molecular weight is 472 g/mol. The lowest BCUT2D eigenvalue weighted by Gasteiger charge is -2.23. The van der Waals surface area contributed by atoms with Crippen molar-refractivity contribution < 1.29 is 23.0 Å². The number of ether oxygens (including phenoxy) is 2. The lowest BCUT2D eigenvalue weighted by molar-refractivity contribution is 0.137. The molecule has 0 spiro atoms. The SMILES string of the molecule is Cc1nc(-c2nnn(C)c2CNC(=O)OCc2cc(F)ccc2F)ccc1OC1CCCCC1. The standard InChI is InChI=1S/C24H27F2N5O3/c1-15-22(34-18-6-4-3-5-7-18)11-10-20(28-15)23-21(31(2)30-29-23)13-27-24(32)33-14-16-12-17(25)8-9-19(16)26/h8-12,18H,3-7,13-14H2,1-2H3,(H,27,32). The molecule has 0 aliphatic heterocycles. The summed E-state index contributed by atoms with van der Waals surface area (Å²) in [6.45, 7) is 1.55. The van der Waals surface area contributed by atoms with E-state index in [1.54, 1.807) is 7.05 Å². The smallest absolute Gasteiger partial charge is 0.407 e. The van der Waals surface area contributed by atoms with E-state index in [-0.39, 0.29) is 18.2 Å². The van der Waals surface area contributed by atoms with E-state index in [2.05, 4.69) is 20.6 Å². The molecule has 0 atom stereocenters. The number of pyridine rings is 1. The Balaban J connectivity index is 1.39. The van der Waals surface area contributed by atoms with Crippen molar-refractivity contribution in [2.75, 3.05) is 0 Å². The van der Waals surface area contributed by atoms with Gasteiger partial charge in [0.1, 0.15) is 29.7 Å². The van der Waals surface area contributed by atoms with E-state index in [0.717, 1.165) is 42.5 Å². The van der Waals surface area contributed by atoms with Crippen molar-refractivity contribution in [3.63, 3.8) is 0 Å². The monoisotopic (exact) mass is 471 g/mol. The summed E-state index contributed by atoms with van der Waals surface area (Å²) in [5, 5.41) is 10.8. The van der Waals surface area contributed by atoms with Crippen LogP contribution in [0.15, 0.2) is 30.3 Å². The average Bonchev–Trinajstić information content (AvgIpc) is 3.20. The summed E-state index contributed by atoms with van der Waals surface area (Å²) < 4.78 is 39.7. The van der Waals surface area contributed by atoms with E-state index in [4.69, 9.17) is 9.47 Å². The molecule has 8 nitrogen and oxygen atoms in total. The number of amides is 1. The van der Waals surface area contributed by atoms with Gasteiger partial charge in [-0.15, -0.1) is 5.10 Å². The minimum Gasteiger partial charge on any atom is -0.489 e. The highest BCUT2D eigenvalue weighted by Gasteiger charge is 2.19. The second kappa shape index (κ2) is 10.6. The number of nitrogens with zero attached hydrogens (tertiary/aromatic N) is 4. The first-order valence-corrected chi connectivity index (χ1v) is 11.3. The molecule has 0 radical (unpaired) electrons. The number of aryl methyl sites for hydroxylation is 2. The third-order valence-electron chi connectivity index (χ3n) is 5.84. The fourth-order valence-corrected chi connectivity index (χ4v) is 3.95. The van der Waals surface area contributed by atoms with Gasteiger partial charge < -0.3 is 14.8 Å². The van der Waals surface area contributed by atoms with Crippen molar-refractivity contribution in [2.45, 2.75) is 58.3 Å². The van der Waals surface area contributed by atoms with E-state index in [1.165, 1.54) is 23.9 Å². The zero-order chi connectivity index (χ0) is 24.1. The molecule has 1 N–H and O–H groups in total. The lowest BCUT2D eigenvalue weighted by Crippen LogP contribution is -2.25. The largest absolute Gasteiger partial charge is 0.489 e. The van der Waals surface area contributed by atoms with Crippen molar-refractivity contribution >= 4 is 6.09 Å². The van der Waals surface area contributed by atoms with Crippen LogP contribution in [-0.4, -0.2) is 32.2 Å². The molecule has 2 aromatic heterocycles. The highest BCUT2D eigenvalue weighted by molar-refractivity contribution is 5.68. The van der Waals surface area contributed by atoms with Crippen LogP contribution in [0.2, 0.25) is 0 Å². The van der Waals surface area contributed by atoms with Gasteiger partial charge in [-0.1, -0.05) is 11.6 Å². The van der Waals surface area contributed by atoms with E-state index < -0.39 is 24.3 Å². The summed E-state index contributed by atoms with van der Waals surface area (Å²) in [5.41, 5.74) is 2.44. The first-order chi connectivity index (χ1) is 16.4. The maximum absolute atomic E-state index is 13.7. The van der Waals surface area contributed by atoms with Crippen LogP contribution in [0.3, 0.4) is 0 Å². The molecule has 4 rings (SSSR count). The molecule has 1 aliphatic carbocycles. The normalized spacial score (nSPS) is 14.1. The highest BCUT2D eigenvalue weighted by Crippen LogP contribution is 2.28. The number of hydrogen-bond donors (Lipinski definition) is 1. The Kier molecular flexibility index (Phi) is 7.34. The van der Waals surface area contributed by atoms with Crippen molar-refractivity contribution in [2.24, 2.45) is 7.05 Å². The Labute approximate surface area is 196 Å². The molecule has 1 aliphatic rings. The lowest BCUT2D eigenvalue weighted by atomic mass is 9.98. The molecule has 34 heavy (non-hydrogen) atoms. The highest BCUT2D eigenvalue weighted by atomic mass is 19.1. The maximum atomic E-state index is 13.7. The number of aromatic nitrogens is 4. The van der Waals surface area contributed by atoms with Crippen LogP contribution in [-0.2, 0) is 24.9 Å². The van der Waals surface area contributed by atoms with Gasteiger partial charge in [-0.2, -0.15) is 0 Å². The number of hydrogen-bond acceptors (Lipinski definition) is 6. The zero-order valence-electron chi connectivity index (χ0n) is 19.2. The van der Waals surface area contributed by atoms with Gasteiger partial charge in [0.25, 0.3) is 0 Å². The summed E-state index contributed by atoms with van der Waals surface area (Å²) in [7, 11) is 1.70. The van der Waals surface area contributed by atoms with Crippen LogP contribution in [0.5, 0.6) is 5.75 Å². The van der Waals surface area contributed by atoms with Crippen molar-refractivity contribution in [1.29, 1.82) is 0 Å². The second-order valence-electron chi connectivity index (χ2n) is 8.33. The third-order valence-corrected chi connectivity index (χ3v) is 5.84. The van der Waals surface area contributed by atoms with E-state index in [1.807, 2.05) is 19.1 Å². The first kappa shape index (κ1) is 23.6. The van der Waals surface area contributed by atoms with Crippen LogP contribution < -0.4 is 10.1 Å². The number of benzene rings is 1. The minimum atomic E-state index is -0.781. The molecule has 0 unspecified atom stereocenters. The molecule has 1 saturated carbocycles. The molecule has 0 bridgehead atoms. The number of nitrogens with one attached hydrogen (secondary N) is 1. The van der Waals surface area contributed by atoms with Gasteiger partial charge in [0.2, 0.25) is 0 Å². The molecule has 1 aromatic carbocycles. The van der Waals surface area contributed by atoms with Gasteiger partial charge in [0, 0.05) is 12.6 Å². The predicted molar refractivity (Wildman–Crippen MR) is 120 cm³/mol. The predicted octanol–water partition coefficient (Wildman–Crippen LogP) is 4.60. The summed E-state index contributed by atoms with van der Waals surface area (Å²) in [4.78, 5) is 16.8. The van der Waals surface area contributed by atoms with Crippen molar-refractivity contribution in [3.05, 3.63) is 58.9 Å². The number of alkyl carbamates (subject to hydrolysis) is 1. The van der Waals surface area contributed by atoms with Gasteiger partial charge in [-0.3, -0.25) is 0 Å². The van der Waals surface area contributed by atoms with Crippen LogP contribution in [0, 0.1) is 18.6 Å². The van der Waals surface area contributed by atoms with E-state index >= 15 is 0 Å². The molecule has 3 aromatic rings. The molecule has 2 heterocycles. The summed E-state index contributed by atoms with van der Waals surface area (Å²) >= 11 is 0. The van der Waals surface area contributed by atoms with Crippen molar-refractivity contribution in [1.82, 2.24) is 25.3 Å². The van der Waals surface area contributed by atoms with Crippen LogP contribution in [0.1, 0.15) is 49.1 Å². The zero-order valence-corrected chi connectivity index (χ0v) is 19.2. The van der Waals surface area contributed by atoms with Gasteiger partial charge in [0.05, 0.1) is 29.7 Å². The Hall–Kier alpha value is -3.56. The Bertz CT molecular complexity index is 1160. The summed E-state index contributed by atoms with van der Waals surface area (Å²) in [5.74, 6) is -0.499. The second-order valence-corrected chi connectivity index (χ2v) is 8.33. The number of rotatable bonds is 7. The fourth-order valence-electron chi connectivity index (χ4n) is 3.95. The topological polar surface area (TPSA) is 91.2 Å². The van der Waals surface area contributed by atoms with Crippen LogP contribution in [0.25, 0.3) is 11.4 Å². The Morgan fingerprint density at radius 1 is 1.18 bits per heavy atom. The molecule has 0 saturated heterocycles. The Morgan fingerprint density at radius 2 is 1.97 bits per heavy atom. The minimum absolute atomic E-state index is 0.0479. The molecule has 10 heteroatoms. The number of halogens is 2. The van der Waals surface area contributed by atoms with Gasteiger partial charge in [-0.05, 0) is 62.9 Å². The van der Waals surface area contributed by atoms with Gasteiger partial charge in [0.15, 0.2) is 0 Å². The molecule has 180 valence electrons. The molecular weight excluding hydrogens is 444 g/mol. The Morgan fingerprint density at radius 3 is 2.74 bits per heavy atom. The molecule has 1 amide bonds. The van der Waals surface area contributed by atoms with Crippen LogP contribution >= 0.6 is 0 Å². The fraction of sp³-hybridized carbons (Fsp3) is 0.417. The van der Waals surface area contributed by atoms with Crippen molar-refractivity contribution in [3.8, 4) is 17.1 Å². The third kappa shape index (κ3) is 5.67. The quantitative estimate of drug-likeness (QED) is 0.542. The summed E-state index contributed by atoms with van der Waals surface area (Å²) in [6.07, 6.45) is 5.19. The molecule has 1 fully saturated rings. The summed E-state index contributed by atoms with van der Waals surface area (Å²) in [6, 6.07) is 6.69. The number of carbonyl (C=O) groups excluding carboxylic acids is 1. The van der Waals surface area contributed by atoms with Gasteiger partial charge >= 0.3 is 6.09 Å². The molecular formula is C24H27F2N5O3. The van der Waals surface area contributed by atoms with Crippen LogP contribution in [0.4, 0.5) is 13.6 Å².